The van der Waals surface area contributed by atoms with Crippen molar-refractivity contribution in [3.05, 3.63) is 71.5 Å². The number of ether oxygens (including phenoxy) is 1. The summed E-state index contributed by atoms with van der Waals surface area (Å²) in [6, 6.07) is 12.0. The van der Waals surface area contributed by atoms with Gasteiger partial charge in [-0.3, -0.25) is 14.4 Å². The standard InChI is InChI=1S/C29H31F3N2O5/c1-3-38-26(36)9-6-15-33(18-20-10-12-22(13-11-20)29(30,31)32)27(37)28(2)14-16-34(28)25(35)17-21-19-39-24-8-5-4-7-23(21)24/h4-5,7-8,10-13,19H,3,6,9,14-18H2,1-2H3. The van der Waals surface area contributed by atoms with Gasteiger partial charge in [-0.1, -0.05) is 30.3 Å². The molecule has 1 aliphatic heterocycles. The average Bonchev–Trinajstić information content (AvgIpc) is 3.29. The van der Waals surface area contributed by atoms with Crippen LogP contribution in [0.3, 0.4) is 0 Å². The molecule has 0 saturated carbocycles. The molecule has 208 valence electrons. The van der Waals surface area contributed by atoms with Crippen LogP contribution in [0.5, 0.6) is 0 Å². The Morgan fingerprint density at radius 3 is 2.46 bits per heavy atom. The lowest BCUT2D eigenvalue weighted by atomic mass is 9.84. The van der Waals surface area contributed by atoms with Gasteiger partial charge in [0.15, 0.2) is 0 Å². The van der Waals surface area contributed by atoms with Gasteiger partial charge in [0.05, 0.1) is 24.9 Å². The van der Waals surface area contributed by atoms with E-state index in [1.807, 2.05) is 24.3 Å². The van der Waals surface area contributed by atoms with Crippen LogP contribution < -0.4 is 0 Å². The number of halogens is 3. The third-order valence-corrected chi connectivity index (χ3v) is 7.14. The summed E-state index contributed by atoms with van der Waals surface area (Å²) >= 11 is 0. The average molecular weight is 545 g/mol. The molecule has 0 spiro atoms. The highest BCUT2D eigenvalue weighted by Crippen LogP contribution is 2.35. The van der Waals surface area contributed by atoms with Gasteiger partial charge in [-0.05, 0) is 50.5 Å². The van der Waals surface area contributed by atoms with Gasteiger partial charge in [-0.25, -0.2) is 0 Å². The van der Waals surface area contributed by atoms with Crippen LogP contribution in [0.1, 0.15) is 49.8 Å². The van der Waals surface area contributed by atoms with Crippen LogP contribution in [-0.4, -0.2) is 52.8 Å². The number of carbonyl (C=O) groups excluding carboxylic acids is 3. The van der Waals surface area contributed by atoms with Crippen molar-refractivity contribution in [1.82, 2.24) is 9.80 Å². The first-order valence-corrected chi connectivity index (χ1v) is 12.9. The van der Waals surface area contributed by atoms with Gasteiger partial charge in [0.1, 0.15) is 11.1 Å². The lowest BCUT2D eigenvalue weighted by Gasteiger charge is -2.51. The first-order valence-electron chi connectivity index (χ1n) is 12.9. The van der Waals surface area contributed by atoms with Crippen molar-refractivity contribution in [2.75, 3.05) is 19.7 Å². The maximum absolute atomic E-state index is 13.8. The summed E-state index contributed by atoms with van der Waals surface area (Å²) in [6.07, 6.45) is -1.98. The highest BCUT2D eigenvalue weighted by molar-refractivity contribution is 5.95. The largest absolute Gasteiger partial charge is 0.466 e. The van der Waals surface area contributed by atoms with E-state index < -0.39 is 23.2 Å². The molecular weight excluding hydrogens is 513 g/mol. The third-order valence-electron chi connectivity index (χ3n) is 7.14. The Kier molecular flexibility index (Phi) is 8.32. The molecule has 2 amide bonds. The second-order valence-corrected chi connectivity index (χ2v) is 9.83. The molecule has 0 aliphatic carbocycles. The van der Waals surface area contributed by atoms with Gasteiger partial charge >= 0.3 is 12.1 Å². The van der Waals surface area contributed by atoms with E-state index in [1.165, 1.54) is 17.0 Å². The van der Waals surface area contributed by atoms with Crippen LogP contribution in [0.15, 0.2) is 59.2 Å². The van der Waals surface area contributed by atoms with E-state index >= 15 is 0 Å². The number of amides is 2. The maximum Gasteiger partial charge on any atom is 0.416 e. The lowest BCUT2D eigenvalue weighted by molar-refractivity contribution is -0.164. The Morgan fingerprint density at radius 1 is 1.10 bits per heavy atom. The molecule has 7 nitrogen and oxygen atoms in total. The molecule has 1 atom stereocenters. The van der Waals surface area contributed by atoms with E-state index in [9.17, 15) is 27.6 Å². The number of benzene rings is 2. The van der Waals surface area contributed by atoms with Crippen LogP contribution in [-0.2, 0) is 38.3 Å². The molecule has 1 fully saturated rings. The molecule has 0 bridgehead atoms. The van der Waals surface area contributed by atoms with Crippen molar-refractivity contribution >= 4 is 28.8 Å². The molecule has 2 aromatic carbocycles. The van der Waals surface area contributed by atoms with Gasteiger partial charge in [-0.15, -0.1) is 0 Å². The van der Waals surface area contributed by atoms with Crippen molar-refractivity contribution in [3.8, 4) is 0 Å². The number of para-hydroxylation sites is 1. The Bertz CT molecular complexity index is 1330. The minimum atomic E-state index is -4.46. The summed E-state index contributed by atoms with van der Waals surface area (Å²) in [6.45, 7) is 4.29. The molecule has 0 radical (unpaired) electrons. The van der Waals surface area contributed by atoms with Crippen LogP contribution in [0.25, 0.3) is 11.0 Å². The zero-order chi connectivity index (χ0) is 28.2. The van der Waals surface area contributed by atoms with Gasteiger partial charge in [0, 0.05) is 37.0 Å². The van der Waals surface area contributed by atoms with Crippen molar-refractivity contribution in [2.24, 2.45) is 0 Å². The first kappa shape index (κ1) is 28.2. The second-order valence-electron chi connectivity index (χ2n) is 9.83. The highest BCUT2D eigenvalue weighted by atomic mass is 19.4. The number of hydrogen-bond donors (Lipinski definition) is 0. The van der Waals surface area contributed by atoms with E-state index in [2.05, 4.69) is 0 Å². The molecule has 1 unspecified atom stereocenters. The number of furan rings is 1. The molecule has 1 saturated heterocycles. The Labute approximate surface area is 224 Å². The molecular formula is C29H31F3N2O5. The van der Waals surface area contributed by atoms with E-state index in [0.29, 0.717) is 30.5 Å². The number of fused-ring (bicyclic) bond motifs is 1. The number of esters is 1. The highest BCUT2D eigenvalue weighted by Gasteiger charge is 2.51. The number of alkyl halides is 3. The molecule has 4 rings (SSSR count). The predicted molar refractivity (Wildman–Crippen MR) is 137 cm³/mol. The molecule has 10 heteroatoms. The van der Waals surface area contributed by atoms with Crippen LogP contribution in [0.2, 0.25) is 0 Å². The fourth-order valence-corrected chi connectivity index (χ4v) is 4.87. The van der Waals surface area contributed by atoms with E-state index in [4.69, 9.17) is 9.15 Å². The molecule has 1 aliphatic rings. The van der Waals surface area contributed by atoms with Gasteiger partial charge in [0.2, 0.25) is 11.8 Å². The summed E-state index contributed by atoms with van der Waals surface area (Å²) in [4.78, 5) is 42.0. The second kappa shape index (κ2) is 11.5. The summed E-state index contributed by atoms with van der Waals surface area (Å²) in [5, 5.41) is 0.835. The zero-order valence-corrected chi connectivity index (χ0v) is 21.9. The summed E-state index contributed by atoms with van der Waals surface area (Å²) in [5.74, 6) is -0.925. The predicted octanol–water partition coefficient (Wildman–Crippen LogP) is 5.36. The van der Waals surface area contributed by atoms with Crippen LogP contribution in [0, 0.1) is 0 Å². The fourth-order valence-electron chi connectivity index (χ4n) is 4.87. The van der Waals surface area contributed by atoms with Gasteiger partial charge < -0.3 is 19.0 Å². The van der Waals surface area contributed by atoms with E-state index in [1.54, 1.807) is 25.0 Å². The first-order chi connectivity index (χ1) is 18.5. The topological polar surface area (TPSA) is 80.1 Å². The van der Waals surface area contributed by atoms with Crippen molar-refractivity contribution in [3.63, 3.8) is 0 Å². The molecule has 39 heavy (non-hydrogen) atoms. The molecule has 1 aromatic heterocycles. The third kappa shape index (κ3) is 6.26. The zero-order valence-electron chi connectivity index (χ0n) is 21.9. The number of hydrogen-bond acceptors (Lipinski definition) is 5. The number of likely N-dealkylation sites (tertiary alicyclic amines) is 1. The quantitative estimate of drug-likeness (QED) is 0.321. The number of rotatable bonds is 10. The normalized spacial score (nSPS) is 17.1. The van der Waals surface area contributed by atoms with Crippen LogP contribution >= 0.6 is 0 Å². The molecule has 2 heterocycles. The summed E-state index contributed by atoms with van der Waals surface area (Å²) in [5.41, 5.74) is 0.0337. The molecule has 3 aromatic rings. The maximum atomic E-state index is 13.8. The van der Waals surface area contributed by atoms with Crippen molar-refractivity contribution in [1.29, 1.82) is 0 Å². The van der Waals surface area contributed by atoms with Gasteiger partial charge in [-0.2, -0.15) is 13.2 Å². The van der Waals surface area contributed by atoms with Crippen molar-refractivity contribution < 1.29 is 36.7 Å². The monoisotopic (exact) mass is 544 g/mol. The minimum absolute atomic E-state index is 0.0454. The van der Waals surface area contributed by atoms with E-state index in [0.717, 1.165) is 23.1 Å². The van der Waals surface area contributed by atoms with E-state index in [-0.39, 0.29) is 44.4 Å². The molecule has 0 N–H and O–H groups in total. The van der Waals surface area contributed by atoms with Crippen LogP contribution in [0.4, 0.5) is 13.2 Å². The number of carbonyl (C=O) groups is 3. The Balaban J connectivity index is 1.49. The minimum Gasteiger partial charge on any atom is -0.466 e. The smallest absolute Gasteiger partial charge is 0.416 e. The lowest BCUT2D eigenvalue weighted by Crippen LogP contribution is -2.68. The van der Waals surface area contributed by atoms with Gasteiger partial charge in [0.25, 0.3) is 0 Å². The SMILES string of the molecule is CCOC(=O)CCCN(Cc1ccc(C(F)(F)F)cc1)C(=O)C1(C)CCN1C(=O)Cc1coc2ccccc12. The fraction of sp³-hybridized carbons (Fsp3) is 0.414. The summed E-state index contributed by atoms with van der Waals surface area (Å²) < 4.78 is 49.5. The Morgan fingerprint density at radius 2 is 1.82 bits per heavy atom. The number of nitrogens with zero attached hydrogens (tertiary/aromatic N) is 2. The Hall–Kier alpha value is -3.82. The van der Waals surface area contributed by atoms with Crippen molar-refractivity contribution in [2.45, 2.75) is 57.8 Å². The summed E-state index contributed by atoms with van der Waals surface area (Å²) in [7, 11) is 0.